The number of amides is 5. The van der Waals surface area contributed by atoms with Crippen LogP contribution in [0.2, 0.25) is 0 Å². The van der Waals surface area contributed by atoms with E-state index >= 15 is 0 Å². The largest absolute Gasteiger partial charge is 0.477 e. The van der Waals surface area contributed by atoms with E-state index in [1.165, 1.54) is 31.8 Å². The van der Waals surface area contributed by atoms with Gasteiger partial charge in [0.05, 0.1) is 101 Å². The summed E-state index contributed by atoms with van der Waals surface area (Å²) in [6.45, 7) is -4.50. The first-order valence-electron chi connectivity index (χ1n) is 46.7. The number of allylic oxidation sites excluding steroid dienone is 1. The summed E-state index contributed by atoms with van der Waals surface area (Å²) in [5.41, 5.74) is 0. The maximum absolute atomic E-state index is 14.6. The highest BCUT2D eigenvalue weighted by Crippen LogP contribution is 2.46. The standard InChI is InChI=1S/C85H143N5O47S2/c1-6-7-8-9-10-11-12-13-14-15-16-17-18-22-43(102)42(90-54(108)23-20-19-21-41-24-25-138-139-41)36-124-77-65(115)64(114)68(52(34-96)127-77)129-79-67(117)75(137-85(82(122)123)28-46(105)57(88-39(4)100)73(135-85)63(113)51(33-95)132-83(80(118)119)26-44(103)55(86-37(2)98)71(133-83)59(109)47(106)29-91)69(53(35-97)128-79)130-76-58(89-40(5)101)70(61(111)49(31-93)125-76)131-78-66(116)74(62(112)50(32-94)126-78)136-84(81(120)121)27-45(104)56(87-38(3)99)72(134-84)60(110)48(107)30-92/h18,22,41-53,55-79,91-97,102-107,109-117H,6-17,19-21,23-36H2,1-5H3,(H,86,98)(H,87,99)(H,88,100)(H,89,101)(H,90,108)(H,118,119)(H,120,121)(H,122,123)/b22-18+/t41?,42-,43+,44-,45-,46-,47?,48?,49+,50+,51?,52+,53+,55+,56+,57+,58+,59?,60?,61-,62-,63?,64+,65+,66+,67+,68-,69-,70+,71-,72-,73-,74-,75+,76?,77+,78?,79-,83+,84-,85-/m0/s1. The summed E-state index contributed by atoms with van der Waals surface area (Å²) in [5, 5.41) is 298. The SMILES string of the molecule is CCCCCCCCCCCCC/C=C/[C@@H](O)[C@H](CO[C@@H]1O[C@H](CO)[C@H](O[C@@H]2O[C@H](CO)[C@H](OC3O[C@H](CO)[C@H](O)[C@H](OC4O[C@H](CO)[C@H](O)[C@H](O[C@]5(C(=O)O)C[C@H](O)[C@@H](NC(C)=O)[C@@H](C(O)C(O)CO)O5)[C@H]4O)[C@H]3NC(C)=O)[C@H](O[C@]3(C(=O)O)C[C@H](O)[C@@H](NC(C)=O)[C@@H](C(O)C(CO)O[C@]4(C(=O)O)C[C@H](O)[C@@H](NC(C)=O)[C@@H](C(O)C(O)CO)O4)O3)[C@H]2O)[C@H](O)[C@H]1O)NC(=O)CCCCC1CCSS1. The molecule has 54 heteroatoms. The monoisotopic (exact) mass is 2050 g/mol. The molecule has 8 aliphatic rings. The van der Waals surface area contributed by atoms with Gasteiger partial charge in [0, 0.05) is 64.4 Å². The normalized spacial score (nSPS) is 37.9. The molecule has 30 N–H and O–H groups in total. The number of carbonyl (C=O) groups excluding carboxylic acids is 5. The van der Waals surface area contributed by atoms with Crippen LogP contribution in [0.5, 0.6) is 0 Å². The van der Waals surface area contributed by atoms with Gasteiger partial charge in [-0.05, 0) is 32.1 Å². The lowest BCUT2D eigenvalue weighted by Gasteiger charge is -2.53. The third-order valence-corrected chi connectivity index (χ3v) is 28.5. The van der Waals surface area contributed by atoms with Crippen molar-refractivity contribution in [2.24, 2.45) is 0 Å². The summed E-state index contributed by atoms with van der Waals surface area (Å²) in [4.78, 5) is 107. The molecule has 0 spiro atoms. The smallest absolute Gasteiger partial charge is 0.364 e. The van der Waals surface area contributed by atoms with Crippen molar-refractivity contribution in [1.82, 2.24) is 26.6 Å². The van der Waals surface area contributed by atoms with Crippen LogP contribution < -0.4 is 26.6 Å². The summed E-state index contributed by atoms with van der Waals surface area (Å²) in [7, 11) is 3.55. The van der Waals surface area contributed by atoms with Crippen molar-refractivity contribution >= 4 is 69.0 Å². The van der Waals surface area contributed by atoms with Crippen molar-refractivity contribution in [1.29, 1.82) is 0 Å². The van der Waals surface area contributed by atoms with Gasteiger partial charge in [0.15, 0.2) is 25.2 Å². The zero-order valence-electron chi connectivity index (χ0n) is 77.6. The van der Waals surface area contributed by atoms with Gasteiger partial charge in [-0.1, -0.05) is 111 Å². The average Bonchev–Trinajstić information content (AvgIpc) is 0.748. The summed E-state index contributed by atoms with van der Waals surface area (Å²) >= 11 is 0. The Labute approximate surface area is 807 Å². The maximum atomic E-state index is 14.6. The highest BCUT2D eigenvalue weighted by Gasteiger charge is 2.66. The zero-order chi connectivity index (χ0) is 103. The van der Waals surface area contributed by atoms with Gasteiger partial charge >= 0.3 is 17.9 Å². The first-order chi connectivity index (χ1) is 65.9. The molecule has 8 heterocycles. The third kappa shape index (κ3) is 31.2. The zero-order valence-corrected chi connectivity index (χ0v) is 79.2. The van der Waals surface area contributed by atoms with E-state index in [2.05, 4.69) is 33.5 Å². The van der Waals surface area contributed by atoms with Gasteiger partial charge in [0.1, 0.15) is 153 Å². The lowest BCUT2D eigenvalue weighted by atomic mass is 9.87. The van der Waals surface area contributed by atoms with Crippen molar-refractivity contribution < 1.29 is 232 Å². The molecule has 0 bridgehead atoms. The molecule has 52 nitrogen and oxygen atoms in total. The first-order valence-corrected chi connectivity index (χ1v) is 49.0. The lowest BCUT2D eigenvalue weighted by Crippen LogP contribution is -2.73. The number of ether oxygens (including phenoxy) is 14. The Morgan fingerprint density at radius 1 is 0.439 bits per heavy atom. The molecule has 8 aliphatic heterocycles. The molecule has 0 aromatic heterocycles. The van der Waals surface area contributed by atoms with Gasteiger partial charge in [-0.2, -0.15) is 0 Å². The molecule has 802 valence electrons. The highest BCUT2D eigenvalue weighted by atomic mass is 33.1. The van der Waals surface area contributed by atoms with Crippen molar-refractivity contribution in [3.63, 3.8) is 0 Å². The molecule has 41 atom stereocenters. The number of carbonyl (C=O) groups is 8. The summed E-state index contributed by atoms with van der Waals surface area (Å²) in [6, 6.07) is -9.38. The minimum absolute atomic E-state index is 0.0385. The molecular formula is C85H143N5O47S2. The Hall–Kier alpha value is -5.24. The highest BCUT2D eigenvalue weighted by molar-refractivity contribution is 8.77. The van der Waals surface area contributed by atoms with Crippen LogP contribution in [-0.4, -0.2) is 483 Å². The van der Waals surface area contributed by atoms with E-state index in [9.17, 15) is 166 Å². The molecule has 139 heavy (non-hydrogen) atoms. The van der Waals surface area contributed by atoms with Crippen LogP contribution >= 0.6 is 21.6 Å². The Bertz CT molecular complexity index is 3830. The van der Waals surface area contributed by atoms with Gasteiger partial charge in [0.25, 0.3) is 17.4 Å². The van der Waals surface area contributed by atoms with E-state index in [1.807, 2.05) is 0 Å². The van der Waals surface area contributed by atoms with Crippen LogP contribution in [0, 0.1) is 0 Å². The second-order valence-electron chi connectivity index (χ2n) is 36.1. The molecule has 0 radical (unpaired) electrons. The van der Waals surface area contributed by atoms with Crippen LogP contribution in [0.4, 0.5) is 0 Å². The van der Waals surface area contributed by atoms with Crippen LogP contribution in [0.3, 0.4) is 0 Å². The maximum Gasteiger partial charge on any atom is 0.364 e. The first kappa shape index (κ1) is 119. The van der Waals surface area contributed by atoms with E-state index in [-0.39, 0.29) is 6.42 Å². The molecule has 0 aliphatic carbocycles. The number of aliphatic hydroxyl groups excluding tert-OH is 22. The fraction of sp³-hybridized carbons (Fsp3) is 0.882. The number of rotatable bonds is 55. The molecule has 8 fully saturated rings. The Kier molecular flexibility index (Phi) is 48.0. The average molecular weight is 2050 g/mol. The van der Waals surface area contributed by atoms with Crippen LogP contribution in [0.1, 0.15) is 163 Å². The topological polar surface area (TPSA) is 832 Å². The summed E-state index contributed by atoms with van der Waals surface area (Å²) in [6.07, 6.45) is -61.3. The lowest BCUT2D eigenvalue weighted by molar-refractivity contribution is -0.405. The van der Waals surface area contributed by atoms with Gasteiger partial charge < -0.3 is 221 Å². The van der Waals surface area contributed by atoms with Gasteiger partial charge in [-0.25, -0.2) is 14.4 Å². The molecule has 9 unspecified atom stereocenters. The number of hydrogen-bond acceptors (Lipinski definition) is 46. The number of hydrogen-bond donors (Lipinski definition) is 30. The second-order valence-corrected chi connectivity index (χ2v) is 38.9. The summed E-state index contributed by atoms with van der Waals surface area (Å²) in [5.74, 6) is -21.2. The van der Waals surface area contributed by atoms with E-state index in [0.717, 1.165) is 91.2 Å². The van der Waals surface area contributed by atoms with Crippen LogP contribution in [-0.2, 0) is 105 Å². The van der Waals surface area contributed by atoms with Crippen molar-refractivity contribution in [2.75, 3.05) is 58.6 Å². The fourth-order valence-corrected chi connectivity index (χ4v) is 21.1. The molecular weight excluding hydrogens is 1910 g/mol. The number of aliphatic hydroxyl groups is 22. The third-order valence-electron chi connectivity index (χ3n) is 25.5. The second kappa shape index (κ2) is 56.1. The minimum Gasteiger partial charge on any atom is -0.477 e. The Morgan fingerprint density at radius 2 is 0.856 bits per heavy atom. The van der Waals surface area contributed by atoms with Crippen molar-refractivity contribution in [3.8, 4) is 0 Å². The predicted molar refractivity (Wildman–Crippen MR) is 469 cm³/mol. The summed E-state index contributed by atoms with van der Waals surface area (Å²) < 4.78 is 84.3. The van der Waals surface area contributed by atoms with Gasteiger partial charge in [-0.3, -0.25) is 24.0 Å². The fourth-order valence-electron chi connectivity index (χ4n) is 18.1. The molecule has 0 aromatic carbocycles. The molecule has 8 saturated heterocycles. The van der Waals surface area contributed by atoms with Crippen LogP contribution in [0.15, 0.2) is 12.2 Å². The number of carboxylic acid groups (broad SMARTS) is 3. The quantitative estimate of drug-likeness (QED) is 0.0153. The van der Waals surface area contributed by atoms with E-state index < -0.39 is 363 Å². The minimum atomic E-state index is -3.81. The van der Waals surface area contributed by atoms with Crippen molar-refractivity contribution in [2.45, 2.75) is 412 Å². The van der Waals surface area contributed by atoms with Crippen molar-refractivity contribution in [3.05, 3.63) is 12.2 Å². The molecule has 0 saturated carbocycles. The van der Waals surface area contributed by atoms with E-state index in [0.29, 0.717) is 24.5 Å². The molecule has 0 aromatic rings. The molecule has 8 rings (SSSR count). The Morgan fingerprint density at radius 3 is 1.32 bits per heavy atom. The van der Waals surface area contributed by atoms with E-state index in [1.54, 1.807) is 27.7 Å². The van der Waals surface area contributed by atoms with Crippen LogP contribution in [0.25, 0.3) is 0 Å². The number of carboxylic acids is 3. The Balaban J connectivity index is 1.16. The molecule has 5 amide bonds. The number of unbranched alkanes of at least 4 members (excludes halogenated alkanes) is 12. The predicted octanol–water partition coefficient (Wildman–Crippen LogP) is -10.2. The van der Waals surface area contributed by atoms with Gasteiger partial charge in [-0.15, -0.1) is 0 Å². The van der Waals surface area contributed by atoms with E-state index in [4.69, 9.17) is 66.3 Å². The number of nitrogens with one attached hydrogen (secondary N) is 5. The van der Waals surface area contributed by atoms with Gasteiger partial charge in [0.2, 0.25) is 29.5 Å². The number of aliphatic carboxylic acids is 3.